The third-order valence-corrected chi connectivity index (χ3v) is 3.86. The van der Waals surface area contributed by atoms with Crippen LogP contribution >= 0.6 is 0 Å². The summed E-state index contributed by atoms with van der Waals surface area (Å²) in [5, 5.41) is 11.0. The van der Waals surface area contributed by atoms with Crippen LogP contribution in [0.2, 0.25) is 0 Å². The van der Waals surface area contributed by atoms with Crippen LogP contribution in [-0.4, -0.2) is 36.9 Å². The SMILES string of the molecule is COc1cc2ccn(C(=O)c3cccc(OC)c3O)c2cc1OC. The number of ether oxygens (including phenoxy) is 3. The monoisotopic (exact) mass is 327 g/mol. The second-order valence-electron chi connectivity index (χ2n) is 5.11. The van der Waals surface area contributed by atoms with Gasteiger partial charge in [-0.3, -0.25) is 9.36 Å². The molecule has 0 aliphatic rings. The van der Waals surface area contributed by atoms with E-state index in [0.717, 1.165) is 5.39 Å². The molecular formula is C18H17NO5. The smallest absolute Gasteiger partial charge is 0.266 e. The van der Waals surface area contributed by atoms with Gasteiger partial charge in [-0.1, -0.05) is 6.07 Å². The molecule has 2 aromatic carbocycles. The molecule has 3 aromatic rings. The van der Waals surface area contributed by atoms with Crippen LogP contribution in [0, 0.1) is 0 Å². The minimum atomic E-state index is -0.367. The van der Waals surface area contributed by atoms with Crippen molar-refractivity contribution in [2.24, 2.45) is 0 Å². The molecule has 0 saturated heterocycles. The Kier molecular flexibility index (Phi) is 4.04. The van der Waals surface area contributed by atoms with Gasteiger partial charge in [0.25, 0.3) is 5.91 Å². The number of phenolic OH excluding ortho intramolecular Hbond substituents is 1. The Hall–Kier alpha value is -3.15. The highest BCUT2D eigenvalue weighted by molar-refractivity contribution is 6.04. The summed E-state index contributed by atoms with van der Waals surface area (Å²) in [5.41, 5.74) is 0.807. The molecule has 0 aliphatic heterocycles. The number of hydrogen-bond donors (Lipinski definition) is 1. The molecule has 0 fully saturated rings. The van der Waals surface area contributed by atoms with Crippen LogP contribution in [0.1, 0.15) is 10.4 Å². The number of carbonyl (C=O) groups excluding carboxylic acids is 1. The highest BCUT2D eigenvalue weighted by Gasteiger charge is 2.19. The zero-order valence-electron chi connectivity index (χ0n) is 13.6. The lowest BCUT2D eigenvalue weighted by Crippen LogP contribution is -2.11. The number of aromatic hydroxyl groups is 1. The number of methoxy groups -OCH3 is 3. The number of nitrogens with zero attached hydrogens (tertiary/aromatic N) is 1. The Labute approximate surface area is 138 Å². The lowest BCUT2D eigenvalue weighted by Gasteiger charge is -2.11. The van der Waals surface area contributed by atoms with Crippen molar-refractivity contribution in [2.45, 2.75) is 0 Å². The number of aromatic nitrogens is 1. The van der Waals surface area contributed by atoms with Crippen molar-refractivity contribution in [3.05, 3.63) is 48.2 Å². The van der Waals surface area contributed by atoms with E-state index in [1.165, 1.54) is 18.8 Å². The van der Waals surface area contributed by atoms with Gasteiger partial charge < -0.3 is 19.3 Å². The summed E-state index contributed by atoms with van der Waals surface area (Å²) in [6.45, 7) is 0. The van der Waals surface area contributed by atoms with Crippen molar-refractivity contribution < 1.29 is 24.1 Å². The summed E-state index contributed by atoms with van der Waals surface area (Å²) in [6.07, 6.45) is 1.64. The molecule has 6 nitrogen and oxygen atoms in total. The molecule has 0 saturated carbocycles. The fourth-order valence-corrected chi connectivity index (χ4v) is 2.63. The van der Waals surface area contributed by atoms with Gasteiger partial charge in [-0.05, 0) is 24.3 Å². The Morgan fingerprint density at radius 3 is 2.29 bits per heavy atom. The Morgan fingerprint density at radius 1 is 0.958 bits per heavy atom. The first kappa shape index (κ1) is 15.7. The average Bonchev–Trinajstić information content (AvgIpc) is 3.02. The normalized spacial score (nSPS) is 10.6. The molecule has 124 valence electrons. The lowest BCUT2D eigenvalue weighted by molar-refractivity contribution is 0.0961. The Balaban J connectivity index is 2.14. The van der Waals surface area contributed by atoms with Gasteiger partial charge >= 0.3 is 0 Å². The average molecular weight is 327 g/mol. The van der Waals surface area contributed by atoms with E-state index in [2.05, 4.69) is 0 Å². The summed E-state index contributed by atoms with van der Waals surface area (Å²) in [7, 11) is 4.53. The highest BCUT2D eigenvalue weighted by atomic mass is 16.5. The zero-order valence-corrected chi connectivity index (χ0v) is 13.6. The van der Waals surface area contributed by atoms with Gasteiger partial charge in [-0.25, -0.2) is 0 Å². The van der Waals surface area contributed by atoms with Gasteiger partial charge in [0.15, 0.2) is 23.0 Å². The number of hydrogen-bond acceptors (Lipinski definition) is 5. The largest absolute Gasteiger partial charge is 0.504 e. The van der Waals surface area contributed by atoms with Gasteiger partial charge in [0, 0.05) is 17.6 Å². The van der Waals surface area contributed by atoms with Gasteiger partial charge in [0.2, 0.25) is 0 Å². The molecule has 6 heteroatoms. The molecule has 3 rings (SSSR count). The molecule has 0 atom stereocenters. The standard InChI is InChI=1S/C18H17NO5/c1-22-14-6-4-5-12(17(14)20)18(21)19-8-7-11-9-15(23-2)16(24-3)10-13(11)19/h4-10,20H,1-3H3. The molecule has 0 aliphatic carbocycles. The van der Waals surface area contributed by atoms with Crippen molar-refractivity contribution in [3.63, 3.8) is 0 Å². The predicted molar refractivity (Wildman–Crippen MR) is 89.4 cm³/mol. The van der Waals surface area contributed by atoms with Crippen molar-refractivity contribution in [2.75, 3.05) is 21.3 Å². The maximum Gasteiger partial charge on any atom is 0.266 e. The van der Waals surface area contributed by atoms with Crippen LogP contribution in [0.25, 0.3) is 10.9 Å². The zero-order chi connectivity index (χ0) is 17.3. The molecule has 1 heterocycles. The van der Waals surface area contributed by atoms with E-state index in [-0.39, 0.29) is 23.0 Å². The van der Waals surface area contributed by atoms with Crippen molar-refractivity contribution in [1.29, 1.82) is 0 Å². The maximum absolute atomic E-state index is 12.8. The van der Waals surface area contributed by atoms with E-state index < -0.39 is 0 Å². The molecule has 0 amide bonds. The van der Waals surface area contributed by atoms with Gasteiger partial charge in [0.05, 0.1) is 32.4 Å². The van der Waals surface area contributed by atoms with E-state index in [1.54, 1.807) is 49.7 Å². The van der Waals surface area contributed by atoms with E-state index in [4.69, 9.17) is 14.2 Å². The Morgan fingerprint density at radius 2 is 1.62 bits per heavy atom. The van der Waals surface area contributed by atoms with Crippen LogP contribution in [0.15, 0.2) is 42.6 Å². The summed E-state index contributed by atoms with van der Waals surface area (Å²) in [5.74, 6) is 0.796. The van der Waals surface area contributed by atoms with Crippen molar-refractivity contribution in [1.82, 2.24) is 4.57 Å². The number of benzene rings is 2. The van der Waals surface area contributed by atoms with Crippen molar-refractivity contribution >= 4 is 16.8 Å². The fourth-order valence-electron chi connectivity index (χ4n) is 2.63. The van der Waals surface area contributed by atoms with Gasteiger partial charge in [-0.15, -0.1) is 0 Å². The number of para-hydroxylation sites is 1. The van der Waals surface area contributed by atoms with Gasteiger partial charge in [0.1, 0.15) is 0 Å². The van der Waals surface area contributed by atoms with E-state index in [0.29, 0.717) is 17.0 Å². The molecule has 0 radical (unpaired) electrons. The van der Waals surface area contributed by atoms with Gasteiger partial charge in [-0.2, -0.15) is 0 Å². The lowest BCUT2D eigenvalue weighted by atomic mass is 10.1. The van der Waals surface area contributed by atoms with Crippen LogP contribution in [0.3, 0.4) is 0 Å². The quantitative estimate of drug-likeness (QED) is 0.797. The van der Waals surface area contributed by atoms with Crippen LogP contribution in [0.5, 0.6) is 23.0 Å². The summed E-state index contributed by atoms with van der Waals surface area (Å²) in [6, 6.07) is 10.1. The third kappa shape index (κ3) is 2.42. The summed E-state index contributed by atoms with van der Waals surface area (Å²) < 4.78 is 17.1. The van der Waals surface area contributed by atoms with Crippen LogP contribution in [0.4, 0.5) is 0 Å². The van der Waals surface area contributed by atoms with Crippen molar-refractivity contribution in [3.8, 4) is 23.0 Å². The predicted octanol–water partition coefficient (Wildman–Crippen LogP) is 3.06. The highest BCUT2D eigenvalue weighted by Crippen LogP contribution is 2.34. The molecule has 0 bridgehead atoms. The number of phenols is 1. The minimum Gasteiger partial charge on any atom is -0.504 e. The topological polar surface area (TPSA) is 69.9 Å². The Bertz CT molecular complexity index is 913. The summed E-state index contributed by atoms with van der Waals surface area (Å²) in [4.78, 5) is 12.8. The molecule has 24 heavy (non-hydrogen) atoms. The fraction of sp³-hybridized carbons (Fsp3) is 0.167. The molecule has 1 N–H and O–H groups in total. The minimum absolute atomic E-state index is 0.154. The molecule has 0 unspecified atom stereocenters. The first-order chi connectivity index (χ1) is 11.6. The third-order valence-electron chi connectivity index (χ3n) is 3.86. The maximum atomic E-state index is 12.8. The molecule has 1 aromatic heterocycles. The molecule has 0 spiro atoms. The second-order valence-corrected chi connectivity index (χ2v) is 5.11. The van der Waals surface area contributed by atoms with E-state index >= 15 is 0 Å². The number of carbonyl (C=O) groups is 1. The summed E-state index contributed by atoms with van der Waals surface area (Å²) >= 11 is 0. The molecular weight excluding hydrogens is 310 g/mol. The number of rotatable bonds is 4. The first-order valence-electron chi connectivity index (χ1n) is 7.24. The first-order valence-corrected chi connectivity index (χ1v) is 7.24. The van der Waals surface area contributed by atoms with Crippen LogP contribution < -0.4 is 14.2 Å². The van der Waals surface area contributed by atoms with Crippen LogP contribution in [-0.2, 0) is 0 Å². The number of fused-ring (bicyclic) bond motifs is 1. The second kappa shape index (κ2) is 6.16. The van der Waals surface area contributed by atoms with E-state index in [9.17, 15) is 9.90 Å². The van der Waals surface area contributed by atoms with E-state index in [1.807, 2.05) is 0 Å².